The smallest absolute Gasteiger partial charge is 0.127 e. The van der Waals surface area contributed by atoms with Gasteiger partial charge in [-0.05, 0) is 42.7 Å². The van der Waals surface area contributed by atoms with Crippen LogP contribution in [-0.4, -0.2) is 24.6 Å². The first-order valence-corrected chi connectivity index (χ1v) is 9.00. The van der Waals surface area contributed by atoms with Crippen molar-refractivity contribution in [2.45, 2.75) is 38.8 Å². The molecule has 2 aromatic rings. The normalized spacial score (nSPS) is 20.0. The van der Waals surface area contributed by atoms with Gasteiger partial charge in [0.1, 0.15) is 5.84 Å². The molecule has 1 saturated heterocycles. The lowest BCUT2D eigenvalue weighted by Gasteiger charge is -2.43. The van der Waals surface area contributed by atoms with Crippen molar-refractivity contribution in [1.29, 1.82) is 0 Å². The third-order valence-corrected chi connectivity index (χ3v) is 5.48. The third kappa shape index (κ3) is 3.02. The van der Waals surface area contributed by atoms with E-state index in [1.807, 2.05) is 0 Å². The number of hydrogen-bond acceptors (Lipinski definition) is 3. The van der Waals surface area contributed by atoms with Crippen molar-refractivity contribution in [1.82, 2.24) is 0 Å². The monoisotopic (exact) mass is 335 g/mol. The van der Waals surface area contributed by atoms with Gasteiger partial charge >= 0.3 is 0 Å². The standard InChI is InChI=1S/C21H25N3O/c1-15-6-5-7-17(16(15)2)14-22-20-21(10-12-25-13-11-21)24-19-9-4-3-8-18(19)23-20/h3-9,24H,10-14H2,1-2H3,(H,22,23). The largest absolute Gasteiger partial charge is 0.381 e. The van der Waals surface area contributed by atoms with Crippen LogP contribution in [0.3, 0.4) is 0 Å². The number of aryl methyl sites for hydroxylation is 1. The maximum absolute atomic E-state index is 5.61. The van der Waals surface area contributed by atoms with Gasteiger partial charge in [0, 0.05) is 26.1 Å². The number of fused-ring (bicyclic) bond motifs is 1. The van der Waals surface area contributed by atoms with Gasteiger partial charge in [-0.25, -0.2) is 0 Å². The fourth-order valence-corrected chi connectivity index (χ4v) is 3.69. The number of aliphatic imine (C=N–C) groups is 1. The Morgan fingerprint density at radius 2 is 1.76 bits per heavy atom. The Bertz CT molecular complexity index is 807. The van der Waals surface area contributed by atoms with Crippen LogP contribution in [0.5, 0.6) is 0 Å². The predicted molar refractivity (Wildman–Crippen MR) is 104 cm³/mol. The first-order chi connectivity index (χ1) is 12.2. The summed E-state index contributed by atoms with van der Waals surface area (Å²) in [5, 5.41) is 7.35. The highest BCUT2D eigenvalue weighted by molar-refractivity contribution is 6.09. The van der Waals surface area contributed by atoms with Gasteiger partial charge in [0.05, 0.1) is 23.5 Å². The van der Waals surface area contributed by atoms with Crippen LogP contribution in [0.1, 0.15) is 29.5 Å². The molecule has 2 aromatic carbocycles. The van der Waals surface area contributed by atoms with Crippen LogP contribution >= 0.6 is 0 Å². The Morgan fingerprint density at radius 1 is 1.00 bits per heavy atom. The SMILES string of the molecule is Cc1cccc(CN=C2Nc3ccccc3NC23CCOCC3)c1C. The molecule has 2 aliphatic heterocycles. The molecule has 25 heavy (non-hydrogen) atoms. The lowest BCUT2D eigenvalue weighted by Crippen LogP contribution is -2.55. The van der Waals surface area contributed by atoms with Crippen LogP contribution in [0.25, 0.3) is 0 Å². The summed E-state index contributed by atoms with van der Waals surface area (Å²) in [6, 6.07) is 14.8. The molecule has 1 spiro atoms. The average Bonchev–Trinajstić information content (AvgIpc) is 2.64. The molecule has 4 heteroatoms. The summed E-state index contributed by atoms with van der Waals surface area (Å²) in [7, 11) is 0. The molecule has 0 bridgehead atoms. The van der Waals surface area contributed by atoms with Crippen molar-refractivity contribution in [3.05, 3.63) is 59.2 Å². The van der Waals surface area contributed by atoms with Crippen LogP contribution in [0.2, 0.25) is 0 Å². The number of para-hydroxylation sites is 2. The number of benzene rings is 2. The lowest BCUT2D eigenvalue weighted by molar-refractivity contribution is 0.0778. The van der Waals surface area contributed by atoms with Gasteiger partial charge in [-0.1, -0.05) is 30.3 Å². The molecule has 0 aromatic heterocycles. The fourth-order valence-electron chi connectivity index (χ4n) is 3.69. The molecule has 0 saturated carbocycles. The minimum atomic E-state index is -0.148. The third-order valence-electron chi connectivity index (χ3n) is 5.48. The summed E-state index contributed by atoms with van der Waals surface area (Å²) >= 11 is 0. The molecule has 0 atom stereocenters. The number of anilines is 2. The minimum absolute atomic E-state index is 0.148. The zero-order valence-electron chi connectivity index (χ0n) is 14.9. The molecular weight excluding hydrogens is 310 g/mol. The van der Waals surface area contributed by atoms with Gasteiger partial charge in [0.2, 0.25) is 0 Å². The second-order valence-electron chi connectivity index (χ2n) is 7.01. The highest BCUT2D eigenvalue weighted by Gasteiger charge is 2.41. The van der Waals surface area contributed by atoms with E-state index in [0.29, 0.717) is 6.54 Å². The van der Waals surface area contributed by atoms with Crippen LogP contribution in [0.4, 0.5) is 11.4 Å². The van der Waals surface area contributed by atoms with Gasteiger partial charge in [0.25, 0.3) is 0 Å². The van der Waals surface area contributed by atoms with Crippen molar-refractivity contribution in [3.63, 3.8) is 0 Å². The van der Waals surface area contributed by atoms with Crippen molar-refractivity contribution < 1.29 is 4.74 Å². The summed E-state index contributed by atoms with van der Waals surface area (Å²) in [4.78, 5) is 5.02. The number of rotatable bonds is 2. The summed E-state index contributed by atoms with van der Waals surface area (Å²) in [6.45, 7) is 6.56. The Labute approximate surface area is 149 Å². The number of amidine groups is 1. The molecule has 2 heterocycles. The van der Waals surface area contributed by atoms with E-state index in [9.17, 15) is 0 Å². The topological polar surface area (TPSA) is 45.7 Å². The first-order valence-electron chi connectivity index (χ1n) is 9.00. The quantitative estimate of drug-likeness (QED) is 0.860. The molecule has 0 aliphatic carbocycles. The van der Waals surface area contributed by atoms with E-state index in [4.69, 9.17) is 9.73 Å². The Morgan fingerprint density at radius 3 is 2.56 bits per heavy atom. The second-order valence-corrected chi connectivity index (χ2v) is 7.01. The zero-order chi connectivity index (χ0) is 17.3. The van der Waals surface area contributed by atoms with E-state index in [1.54, 1.807) is 0 Å². The van der Waals surface area contributed by atoms with E-state index >= 15 is 0 Å². The molecule has 4 nitrogen and oxygen atoms in total. The number of hydrogen-bond donors (Lipinski definition) is 2. The fraction of sp³-hybridized carbons (Fsp3) is 0.381. The summed E-state index contributed by atoms with van der Waals surface area (Å²) in [5.74, 6) is 1.04. The zero-order valence-corrected chi connectivity index (χ0v) is 14.9. The van der Waals surface area contributed by atoms with E-state index in [0.717, 1.165) is 43.3 Å². The molecule has 4 rings (SSSR count). The van der Waals surface area contributed by atoms with Crippen LogP contribution in [0, 0.1) is 13.8 Å². The van der Waals surface area contributed by atoms with Crippen molar-refractivity contribution >= 4 is 17.2 Å². The molecule has 0 radical (unpaired) electrons. The Kier molecular flexibility index (Phi) is 4.22. The van der Waals surface area contributed by atoms with E-state index in [-0.39, 0.29) is 5.54 Å². The summed E-state index contributed by atoms with van der Waals surface area (Å²) in [5.41, 5.74) is 6.03. The van der Waals surface area contributed by atoms with Gasteiger partial charge in [-0.2, -0.15) is 0 Å². The average molecular weight is 335 g/mol. The highest BCUT2D eigenvalue weighted by atomic mass is 16.5. The lowest BCUT2D eigenvalue weighted by atomic mass is 9.86. The number of nitrogens with one attached hydrogen (secondary N) is 2. The molecule has 2 aliphatic rings. The van der Waals surface area contributed by atoms with Gasteiger partial charge in [-0.3, -0.25) is 4.99 Å². The van der Waals surface area contributed by atoms with Gasteiger partial charge in [-0.15, -0.1) is 0 Å². The van der Waals surface area contributed by atoms with E-state index in [2.05, 4.69) is 66.9 Å². The first kappa shape index (κ1) is 16.2. The summed E-state index contributed by atoms with van der Waals surface area (Å²) in [6.07, 6.45) is 1.86. The highest BCUT2D eigenvalue weighted by Crippen LogP contribution is 2.36. The molecule has 130 valence electrons. The second kappa shape index (κ2) is 6.52. The molecule has 0 unspecified atom stereocenters. The molecular formula is C21H25N3O. The Hall–Kier alpha value is -2.33. The van der Waals surface area contributed by atoms with Crippen molar-refractivity contribution in [2.24, 2.45) is 4.99 Å². The van der Waals surface area contributed by atoms with Gasteiger partial charge < -0.3 is 15.4 Å². The predicted octanol–water partition coefficient (Wildman–Crippen LogP) is 4.29. The van der Waals surface area contributed by atoms with Crippen LogP contribution < -0.4 is 10.6 Å². The van der Waals surface area contributed by atoms with Gasteiger partial charge in [0.15, 0.2) is 0 Å². The Balaban J connectivity index is 1.68. The summed E-state index contributed by atoms with van der Waals surface area (Å²) < 4.78 is 5.61. The van der Waals surface area contributed by atoms with Crippen LogP contribution in [0.15, 0.2) is 47.5 Å². The maximum atomic E-state index is 5.61. The molecule has 2 N–H and O–H groups in total. The number of ether oxygens (including phenoxy) is 1. The van der Waals surface area contributed by atoms with Crippen molar-refractivity contribution in [2.75, 3.05) is 23.8 Å². The van der Waals surface area contributed by atoms with Crippen LogP contribution in [-0.2, 0) is 11.3 Å². The van der Waals surface area contributed by atoms with E-state index < -0.39 is 0 Å². The maximum Gasteiger partial charge on any atom is 0.127 e. The van der Waals surface area contributed by atoms with Crippen molar-refractivity contribution in [3.8, 4) is 0 Å². The number of nitrogens with zero attached hydrogens (tertiary/aromatic N) is 1. The molecule has 0 amide bonds. The van der Waals surface area contributed by atoms with E-state index in [1.165, 1.54) is 16.7 Å². The minimum Gasteiger partial charge on any atom is -0.381 e. The molecule has 1 fully saturated rings.